The van der Waals surface area contributed by atoms with E-state index in [1.54, 1.807) is 0 Å². The Kier molecular flexibility index (Phi) is 7.90. The van der Waals surface area contributed by atoms with Crippen LogP contribution in [0.15, 0.2) is 170 Å². The first-order valence-electron chi connectivity index (χ1n) is 17.6. The van der Waals surface area contributed by atoms with Crippen LogP contribution in [0.3, 0.4) is 0 Å². The summed E-state index contributed by atoms with van der Waals surface area (Å²) >= 11 is 0. The van der Waals surface area contributed by atoms with E-state index in [4.69, 9.17) is 19.9 Å². The first-order chi connectivity index (χ1) is 25.6. The third-order valence-electron chi connectivity index (χ3n) is 9.68. The van der Waals surface area contributed by atoms with E-state index in [9.17, 15) is 0 Å². The van der Waals surface area contributed by atoms with E-state index in [0.29, 0.717) is 5.82 Å². The van der Waals surface area contributed by atoms with Gasteiger partial charge in [-0.05, 0) is 72.0 Å². The van der Waals surface area contributed by atoms with Crippen LogP contribution in [0.25, 0.3) is 89.2 Å². The van der Waals surface area contributed by atoms with Gasteiger partial charge in [-0.2, -0.15) is 0 Å². The van der Waals surface area contributed by atoms with Crippen LogP contribution in [-0.4, -0.2) is 19.9 Å². The monoisotopic (exact) mass is 666 g/mol. The summed E-state index contributed by atoms with van der Waals surface area (Å²) in [6, 6.07) is 59.2. The van der Waals surface area contributed by atoms with Crippen molar-refractivity contribution < 1.29 is 0 Å². The summed E-state index contributed by atoms with van der Waals surface area (Å²) in [6.45, 7) is 4.18. The van der Waals surface area contributed by atoms with Gasteiger partial charge in [0.15, 0.2) is 5.82 Å². The highest BCUT2D eigenvalue weighted by atomic mass is 14.9. The van der Waals surface area contributed by atoms with Gasteiger partial charge in [-0.1, -0.05) is 140 Å². The molecule has 0 saturated carbocycles. The van der Waals surface area contributed by atoms with Crippen LogP contribution in [0.1, 0.15) is 11.3 Å². The zero-order valence-corrected chi connectivity index (χ0v) is 29.0. The van der Waals surface area contributed by atoms with Crippen LogP contribution in [-0.2, 0) is 0 Å². The maximum atomic E-state index is 5.19. The van der Waals surface area contributed by atoms with Gasteiger partial charge in [0.2, 0.25) is 0 Å². The molecule has 0 aliphatic carbocycles. The van der Waals surface area contributed by atoms with Crippen LogP contribution >= 0.6 is 0 Å². The number of aryl methyl sites for hydroxylation is 2. The number of pyridine rings is 2. The molecule has 3 heterocycles. The minimum Gasteiger partial charge on any atom is -0.251 e. The molecule has 4 nitrogen and oxygen atoms in total. The molecule has 0 aliphatic heterocycles. The lowest BCUT2D eigenvalue weighted by molar-refractivity contribution is 1.18. The second-order valence-corrected chi connectivity index (χ2v) is 13.2. The minimum atomic E-state index is 0.683. The van der Waals surface area contributed by atoms with Crippen molar-refractivity contribution in [3.8, 4) is 67.4 Å². The number of hydrogen-bond acceptors (Lipinski definition) is 4. The molecule has 246 valence electrons. The maximum absolute atomic E-state index is 5.19. The summed E-state index contributed by atoms with van der Waals surface area (Å²) < 4.78 is 0. The lowest BCUT2D eigenvalue weighted by atomic mass is 9.98. The van der Waals surface area contributed by atoms with Crippen LogP contribution in [0.2, 0.25) is 0 Å². The fourth-order valence-electron chi connectivity index (χ4n) is 6.93. The number of aromatic nitrogens is 4. The summed E-state index contributed by atoms with van der Waals surface area (Å²) in [7, 11) is 0. The van der Waals surface area contributed by atoms with Crippen LogP contribution < -0.4 is 0 Å². The Balaban J connectivity index is 1.11. The predicted octanol–water partition coefficient (Wildman–Crippen LogP) is 12.2. The summed E-state index contributed by atoms with van der Waals surface area (Å²) in [5.41, 5.74) is 15.4. The second kappa shape index (κ2) is 13.2. The molecule has 0 aliphatic rings. The molecule has 0 N–H and O–H groups in total. The average Bonchev–Trinajstić information content (AvgIpc) is 3.21. The highest BCUT2D eigenvalue weighted by Crippen LogP contribution is 2.34. The first-order valence-corrected chi connectivity index (χ1v) is 17.6. The number of benzene rings is 6. The summed E-state index contributed by atoms with van der Waals surface area (Å²) in [4.78, 5) is 20.3. The average molecular weight is 667 g/mol. The van der Waals surface area contributed by atoms with E-state index in [0.717, 1.165) is 78.0 Å². The number of fused-ring (bicyclic) bond motifs is 3. The second-order valence-electron chi connectivity index (χ2n) is 13.2. The number of rotatable bonds is 6. The van der Waals surface area contributed by atoms with Crippen molar-refractivity contribution in [1.29, 1.82) is 0 Å². The molecule has 0 radical (unpaired) electrons. The van der Waals surface area contributed by atoms with E-state index in [2.05, 4.69) is 153 Å². The first kappa shape index (κ1) is 31.2. The topological polar surface area (TPSA) is 51.6 Å². The molecule has 52 heavy (non-hydrogen) atoms. The van der Waals surface area contributed by atoms with Gasteiger partial charge >= 0.3 is 0 Å². The molecule has 0 fully saturated rings. The third-order valence-corrected chi connectivity index (χ3v) is 9.68. The Labute approximate surface area is 303 Å². The fraction of sp³-hybridized carbons (Fsp3) is 0.0417. The van der Waals surface area contributed by atoms with Gasteiger partial charge < -0.3 is 0 Å². The molecule has 0 spiro atoms. The van der Waals surface area contributed by atoms with Crippen LogP contribution in [0.4, 0.5) is 0 Å². The molecule has 0 unspecified atom stereocenters. The quantitative estimate of drug-likeness (QED) is 0.166. The number of hydrogen-bond donors (Lipinski definition) is 0. The fourth-order valence-corrected chi connectivity index (χ4v) is 6.93. The highest BCUT2D eigenvalue weighted by molar-refractivity contribution is 6.04. The molecule has 0 amide bonds. The van der Waals surface area contributed by atoms with Crippen molar-refractivity contribution in [1.82, 2.24) is 19.9 Å². The normalized spacial score (nSPS) is 11.3. The van der Waals surface area contributed by atoms with Gasteiger partial charge in [0, 0.05) is 38.7 Å². The van der Waals surface area contributed by atoms with E-state index < -0.39 is 0 Å². The van der Waals surface area contributed by atoms with Crippen LogP contribution in [0, 0.1) is 13.8 Å². The third kappa shape index (κ3) is 6.01. The smallest absolute Gasteiger partial charge is 0.160 e. The van der Waals surface area contributed by atoms with Gasteiger partial charge in [-0.15, -0.1) is 0 Å². The van der Waals surface area contributed by atoms with Gasteiger partial charge in [-0.25, -0.2) is 15.0 Å². The van der Waals surface area contributed by atoms with Gasteiger partial charge in [0.25, 0.3) is 0 Å². The van der Waals surface area contributed by atoms with Crippen molar-refractivity contribution in [3.63, 3.8) is 0 Å². The van der Waals surface area contributed by atoms with Crippen molar-refractivity contribution >= 4 is 21.8 Å². The Morgan fingerprint density at radius 3 is 1.56 bits per heavy atom. The van der Waals surface area contributed by atoms with Crippen molar-refractivity contribution in [3.05, 3.63) is 181 Å². The Bertz CT molecular complexity index is 2740. The molecule has 6 aromatic carbocycles. The molecule has 4 heteroatoms. The highest BCUT2D eigenvalue weighted by Gasteiger charge is 2.14. The van der Waals surface area contributed by atoms with E-state index in [1.165, 1.54) is 16.7 Å². The largest absolute Gasteiger partial charge is 0.251 e. The van der Waals surface area contributed by atoms with Crippen molar-refractivity contribution in [2.24, 2.45) is 0 Å². The molecular weight excluding hydrogens is 633 g/mol. The van der Waals surface area contributed by atoms with Gasteiger partial charge in [0.1, 0.15) is 0 Å². The summed E-state index contributed by atoms with van der Waals surface area (Å²) in [5.74, 6) is 0.683. The summed E-state index contributed by atoms with van der Waals surface area (Å²) in [5, 5.41) is 2.22. The zero-order chi connectivity index (χ0) is 35.0. The van der Waals surface area contributed by atoms with Gasteiger partial charge in [-0.3, -0.25) is 4.98 Å². The SMILES string of the molecule is Cc1ccc2ccc3c(C)cc(-c4cccc(-c5cccc(-c6nc(-c7ccccc7)cc(-c7ccc(-c8ccccc8)cc7)n6)c5)c4)nc3c2n1. The lowest BCUT2D eigenvalue weighted by Crippen LogP contribution is -1.96. The molecular formula is C48H34N4. The molecule has 0 atom stereocenters. The van der Waals surface area contributed by atoms with Gasteiger partial charge in [0.05, 0.1) is 28.1 Å². The Morgan fingerprint density at radius 1 is 0.327 bits per heavy atom. The molecule has 3 aromatic heterocycles. The van der Waals surface area contributed by atoms with Crippen molar-refractivity contribution in [2.45, 2.75) is 13.8 Å². The standard InChI is InChI=1S/C48H34N4/c1-31-27-43(50-47-42(31)26-25-37-20-19-32(2)49-46(37)47)40-17-9-15-38(28-40)39-16-10-18-41(29-39)48-51-44(35-13-7-4-8-14-35)30-45(52-48)36-23-21-34(22-24-36)33-11-5-3-6-12-33/h3-30H,1-2H3. The van der Waals surface area contributed by atoms with Crippen molar-refractivity contribution in [2.75, 3.05) is 0 Å². The minimum absolute atomic E-state index is 0.683. The van der Waals surface area contributed by atoms with E-state index in [1.807, 2.05) is 31.2 Å². The summed E-state index contributed by atoms with van der Waals surface area (Å²) in [6.07, 6.45) is 0. The number of nitrogens with zero attached hydrogens (tertiary/aromatic N) is 4. The Hall–Kier alpha value is -6.78. The van der Waals surface area contributed by atoms with Crippen LogP contribution in [0.5, 0.6) is 0 Å². The molecule has 9 aromatic rings. The maximum Gasteiger partial charge on any atom is 0.160 e. The molecule has 9 rings (SSSR count). The van der Waals surface area contributed by atoms with E-state index in [-0.39, 0.29) is 0 Å². The molecule has 0 saturated heterocycles. The Morgan fingerprint density at radius 2 is 0.846 bits per heavy atom. The molecule has 0 bridgehead atoms. The van der Waals surface area contributed by atoms with E-state index >= 15 is 0 Å². The zero-order valence-electron chi connectivity index (χ0n) is 29.0. The lowest BCUT2D eigenvalue weighted by Gasteiger charge is -2.12. The predicted molar refractivity (Wildman–Crippen MR) is 215 cm³/mol.